The van der Waals surface area contributed by atoms with Crippen LogP contribution >= 0.6 is 0 Å². The number of aromatic nitrogens is 2. The van der Waals surface area contributed by atoms with Gasteiger partial charge >= 0.3 is 0 Å². The average Bonchev–Trinajstić information content (AvgIpc) is 2.97. The molecule has 0 amide bonds. The van der Waals surface area contributed by atoms with Gasteiger partial charge in [-0.05, 0) is 35.3 Å². The van der Waals surface area contributed by atoms with Crippen LogP contribution in [-0.2, 0) is 6.42 Å². The molecule has 1 saturated heterocycles. The van der Waals surface area contributed by atoms with Crippen LogP contribution in [0.25, 0.3) is 11.5 Å². The van der Waals surface area contributed by atoms with Crippen LogP contribution in [0, 0.1) is 5.82 Å². The first-order chi connectivity index (χ1) is 9.78. The van der Waals surface area contributed by atoms with Crippen molar-refractivity contribution in [1.82, 2.24) is 15.5 Å². The van der Waals surface area contributed by atoms with E-state index in [1.54, 1.807) is 6.07 Å². The molecule has 1 fully saturated rings. The molecule has 0 saturated carbocycles. The molecule has 0 radical (unpaired) electrons. The lowest BCUT2D eigenvalue weighted by atomic mass is 10.1. The summed E-state index contributed by atoms with van der Waals surface area (Å²) >= 11 is 0. The minimum Gasteiger partial charge on any atom is -0.336 e. The molecule has 3 rings (SSSR count). The number of rotatable bonds is 3. The van der Waals surface area contributed by atoms with Crippen LogP contribution in [0.1, 0.15) is 12.5 Å². The molecular weight excluding hydrogens is 259 g/mol. The molecule has 0 spiro atoms. The standard InChI is InChI=1S/C14H17FN4O/c1-2-10-9-11(15)3-4-12(10)13-17-14(18-20-13)19-7-5-16-6-8-19/h3-4,9,16H,2,5-8H2,1H3. The maximum Gasteiger partial charge on any atom is 0.266 e. The summed E-state index contributed by atoms with van der Waals surface area (Å²) in [5.74, 6) is 0.815. The molecule has 20 heavy (non-hydrogen) atoms. The zero-order valence-corrected chi connectivity index (χ0v) is 11.4. The number of anilines is 1. The van der Waals surface area contributed by atoms with E-state index in [1.165, 1.54) is 12.1 Å². The summed E-state index contributed by atoms with van der Waals surface area (Å²) in [4.78, 5) is 6.52. The highest BCUT2D eigenvalue weighted by Crippen LogP contribution is 2.25. The van der Waals surface area contributed by atoms with Gasteiger partial charge in [-0.1, -0.05) is 6.92 Å². The van der Waals surface area contributed by atoms with E-state index in [4.69, 9.17) is 4.52 Å². The summed E-state index contributed by atoms with van der Waals surface area (Å²) in [6.45, 7) is 5.54. The highest BCUT2D eigenvalue weighted by Gasteiger charge is 2.18. The third kappa shape index (κ3) is 2.51. The van der Waals surface area contributed by atoms with Crippen molar-refractivity contribution in [2.24, 2.45) is 0 Å². The molecule has 1 aromatic heterocycles. The Labute approximate surface area is 116 Å². The topological polar surface area (TPSA) is 54.2 Å². The van der Waals surface area contributed by atoms with Crippen molar-refractivity contribution >= 4 is 5.95 Å². The molecule has 2 aromatic rings. The molecule has 0 unspecified atom stereocenters. The quantitative estimate of drug-likeness (QED) is 0.927. The molecule has 5 nitrogen and oxygen atoms in total. The van der Waals surface area contributed by atoms with E-state index in [2.05, 4.69) is 20.4 Å². The molecule has 6 heteroatoms. The molecule has 1 aliphatic rings. The number of nitrogens with one attached hydrogen (secondary N) is 1. The SMILES string of the molecule is CCc1cc(F)ccc1-c1nc(N2CCNCC2)no1. The minimum absolute atomic E-state index is 0.243. The maximum atomic E-state index is 13.3. The van der Waals surface area contributed by atoms with Gasteiger partial charge in [0.15, 0.2) is 0 Å². The highest BCUT2D eigenvalue weighted by molar-refractivity contribution is 5.59. The van der Waals surface area contributed by atoms with Crippen LogP contribution in [0.2, 0.25) is 0 Å². The molecule has 1 aliphatic heterocycles. The Morgan fingerprint density at radius 2 is 2.15 bits per heavy atom. The van der Waals surface area contributed by atoms with E-state index in [9.17, 15) is 4.39 Å². The number of hydrogen-bond donors (Lipinski definition) is 1. The van der Waals surface area contributed by atoms with Crippen molar-refractivity contribution in [3.63, 3.8) is 0 Å². The van der Waals surface area contributed by atoms with Gasteiger partial charge in [-0.3, -0.25) is 0 Å². The molecule has 2 heterocycles. The van der Waals surface area contributed by atoms with Crippen LogP contribution in [0.4, 0.5) is 10.3 Å². The second kappa shape index (κ2) is 5.58. The van der Waals surface area contributed by atoms with Crippen LogP contribution < -0.4 is 10.2 Å². The second-order valence-corrected chi connectivity index (χ2v) is 4.79. The number of aryl methyl sites for hydroxylation is 1. The van der Waals surface area contributed by atoms with Crippen LogP contribution in [-0.4, -0.2) is 36.3 Å². The number of piperazine rings is 1. The number of nitrogens with zero attached hydrogens (tertiary/aromatic N) is 3. The van der Waals surface area contributed by atoms with Crippen molar-refractivity contribution < 1.29 is 8.91 Å². The summed E-state index contributed by atoms with van der Waals surface area (Å²) in [6.07, 6.45) is 0.721. The van der Waals surface area contributed by atoms with Crippen LogP contribution in [0.3, 0.4) is 0 Å². The molecule has 0 atom stereocenters. The molecule has 106 valence electrons. The lowest BCUT2D eigenvalue weighted by molar-refractivity contribution is 0.426. The maximum absolute atomic E-state index is 13.3. The zero-order valence-electron chi connectivity index (χ0n) is 11.4. The Morgan fingerprint density at radius 1 is 1.35 bits per heavy atom. The Hall–Kier alpha value is -1.95. The van der Waals surface area contributed by atoms with Gasteiger partial charge in [-0.25, -0.2) is 4.39 Å². The molecule has 1 N–H and O–H groups in total. The van der Waals surface area contributed by atoms with E-state index in [-0.39, 0.29) is 5.82 Å². The van der Waals surface area contributed by atoms with E-state index in [1.807, 2.05) is 6.92 Å². The summed E-state index contributed by atoms with van der Waals surface area (Å²) < 4.78 is 18.6. The van der Waals surface area contributed by atoms with Gasteiger partial charge in [0.25, 0.3) is 11.8 Å². The Morgan fingerprint density at radius 3 is 2.90 bits per heavy atom. The van der Waals surface area contributed by atoms with Gasteiger partial charge in [-0.2, -0.15) is 4.98 Å². The fourth-order valence-electron chi connectivity index (χ4n) is 2.38. The van der Waals surface area contributed by atoms with E-state index < -0.39 is 0 Å². The Kier molecular flexibility index (Phi) is 3.64. The van der Waals surface area contributed by atoms with Gasteiger partial charge < -0.3 is 14.7 Å². The highest BCUT2D eigenvalue weighted by atomic mass is 19.1. The molecule has 0 bridgehead atoms. The first-order valence-electron chi connectivity index (χ1n) is 6.86. The van der Waals surface area contributed by atoms with Crippen LogP contribution in [0.15, 0.2) is 22.7 Å². The predicted octanol–water partition coefficient (Wildman–Crippen LogP) is 1.85. The smallest absolute Gasteiger partial charge is 0.266 e. The van der Waals surface area contributed by atoms with E-state index in [0.717, 1.165) is 43.7 Å². The van der Waals surface area contributed by atoms with E-state index in [0.29, 0.717) is 11.8 Å². The molecular formula is C14H17FN4O. The van der Waals surface area contributed by atoms with Crippen molar-refractivity contribution in [3.05, 3.63) is 29.6 Å². The Balaban J connectivity index is 1.89. The third-order valence-corrected chi connectivity index (χ3v) is 3.49. The van der Waals surface area contributed by atoms with Gasteiger partial charge in [0.2, 0.25) is 0 Å². The fourth-order valence-corrected chi connectivity index (χ4v) is 2.38. The number of hydrogen-bond acceptors (Lipinski definition) is 5. The van der Waals surface area contributed by atoms with Crippen molar-refractivity contribution in [1.29, 1.82) is 0 Å². The van der Waals surface area contributed by atoms with Crippen molar-refractivity contribution in [3.8, 4) is 11.5 Å². The van der Waals surface area contributed by atoms with Gasteiger partial charge in [-0.15, -0.1) is 0 Å². The number of benzene rings is 1. The predicted molar refractivity (Wildman–Crippen MR) is 74.2 cm³/mol. The monoisotopic (exact) mass is 276 g/mol. The molecule has 1 aromatic carbocycles. The first kappa shape index (κ1) is 13.1. The van der Waals surface area contributed by atoms with Crippen LogP contribution in [0.5, 0.6) is 0 Å². The first-order valence-corrected chi connectivity index (χ1v) is 6.86. The second-order valence-electron chi connectivity index (χ2n) is 4.79. The average molecular weight is 276 g/mol. The van der Waals surface area contributed by atoms with Gasteiger partial charge in [0.1, 0.15) is 5.82 Å². The van der Waals surface area contributed by atoms with Gasteiger partial charge in [0.05, 0.1) is 0 Å². The zero-order chi connectivity index (χ0) is 13.9. The van der Waals surface area contributed by atoms with Crippen molar-refractivity contribution in [2.75, 3.05) is 31.1 Å². The lowest BCUT2D eigenvalue weighted by Gasteiger charge is -2.25. The summed E-state index contributed by atoms with van der Waals surface area (Å²) in [5.41, 5.74) is 1.68. The summed E-state index contributed by atoms with van der Waals surface area (Å²) in [7, 11) is 0. The largest absolute Gasteiger partial charge is 0.336 e. The van der Waals surface area contributed by atoms with Crippen molar-refractivity contribution in [2.45, 2.75) is 13.3 Å². The summed E-state index contributed by atoms with van der Waals surface area (Å²) in [6, 6.07) is 4.64. The molecule has 0 aliphatic carbocycles. The van der Waals surface area contributed by atoms with E-state index >= 15 is 0 Å². The third-order valence-electron chi connectivity index (χ3n) is 3.49. The minimum atomic E-state index is -0.243. The fraction of sp³-hybridized carbons (Fsp3) is 0.429. The van der Waals surface area contributed by atoms with Gasteiger partial charge in [0, 0.05) is 31.7 Å². The lowest BCUT2D eigenvalue weighted by Crippen LogP contribution is -2.44. The number of halogens is 1. The summed E-state index contributed by atoms with van der Waals surface area (Å²) in [5, 5.41) is 7.31. The Bertz CT molecular complexity index is 593. The normalized spacial score (nSPS) is 15.6.